The summed E-state index contributed by atoms with van der Waals surface area (Å²) >= 11 is 0. The number of H-pyrrole nitrogens is 1. The van der Waals surface area contributed by atoms with Crippen molar-refractivity contribution in [1.29, 1.82) is 0 Å². The maximum atomic E-state index is 15.2. The van der Waals surface area contributed by atoms with Crippen molar-refractivity contribution in [3.05, 3.63) is 76.1 Å². The molecule has 2 heterocycles. The minimum absolute atomic E-state index is 0.0569. The van der Waals surface area contributed by atoms with E-state index in [0.29, 0.717) is 29.6 Å². The Kier molecular flexibility index (Phi) is 10.1. The molecule has 0 bridgehead atoms. The molecule has 1 unspecified atom stereocenters. The van der Waals surface area contributed by atoms with Gasteiger partial charge in [0.25, 0.3) is 17.7 Å². The minimum Gasteiger partial charge on any atom is -0.395 e. The summed E-state index contributed by atoms with van der Waals surface area (Å²) in [6, 6.07) is 7.62. The average molecular weight is 596 g/mol. The first-order chi connectivity index (χ1) is 20.6. The van der Waals surface area contributed by atoms with Crippen LogP contribution in [-0.2, 0) is 4.79 Å². The average Bonchev–Trinajstić information content (AvgIpc) is 3.47. The molecule has 1 aliphatic heterocycles. The molecule has 4 rings (SSSR count). The second kappa shape index (κ2) is 13.7. The van der Waals surface area contributed by atoms with Crippen molar-refractivity contribution >= 4 is 35.1 Å². The number of hydrogen-bond acceptors (Lipinski definition) is 6. The van der Waals surface area contributed by atoms with Gasteiger partial charge in [0.2, 0.25) is 0 Å². The molecular weight excluding hydrogens is 560 g/mol. The van der Waals surface area contributed by atoms with Gasteiger partial charge in [-0.1, -0.05) is 13.8 Å². The molecule has 6 N–H and O–H groups in total. The van der Waals surface area contributed by atoms with Crippen LogP contribution in [0.2, 0.25) is 0 Å². The molecule has 3 aromatic rings. The van der Waals surface area contributed by atoms with Crippen LogP contribution >= 0.6 is 0 Å². The van der Waals surface area contributed by atoms with E-state index < -0.39 is 35.5 Å². The second-order valence-electron chi connectivity index (χ2n) is 10.1. The number of rotatable bonds is 12. The van der Waals surface area contributed by atoms with Gasteiger partial charge in [-0.15, -0.1) is 0 Å². The molecule has 1 aliphatic rings. The minimum atomic E-state index is -0.909. The number of amides is 3. The molecule has 0 saturated heterocycles. The van der Waals surface area contributed by atoms with Crippen LogP contribution in [0.25, 0.3) is 22.8 Å². The van der Waals surface area contributed by atoms with Gasteiger partial charge in [0, 0.05) is 65.0 Å². The monoisotopic (exact) mass is 595 g/mol. The van der Waals surface area contributed by atoms with Gasteiger partial charge in [0.15, 0.2) is 0 Å². The van der Waals surface area contributed by atoms with Crippen LogP contribution in [0.4, 0.5) is 14.5 Å². The summed E-state index contributed by atoms with van der Waals surface area (Å²) < 4.78 is 29.0. The predicted molar refractivity (Wildman–Crippen MR) is 159 cm³/mol. The van der Waals surface area contributed by atoms with Crippen LogP contribution in [0, 0.1) is 18.6 Å². The fourth-order valence-corrected chi connectivity index (χ4v) is 5.04. The number of aliphatic hydroxyl groups is 2. The maximum Gasteiger partial charge on any atom is 0.256 e. The maximum absolute atomic E-state index is 15.2. The Morgan fingerprint density at radius 3 is 2.47 bits per heavy atom. The SMILES string of the molecule is CCN(CC)CC(O)CNC(=O)c1c(C)[nH]c(/C=C2\C(=O)Nc3ccc(C(=O)NCCO)cc32)c1-c1ccc(F)cc1F. The molecule has 3 amide bonds. The highest BCUT2D eigenvalue weighted by Crippen LogP contribution is 2.38. The van der Waals surface area contributed by atoms with E-state index in [9.17, 15) is 23.9 Å². The fraction of sp³-hybridized carbons (Fsp3) is 0.323. The number of likely N-dealkylation sites (N-methyl/N-ethyl adjacent to an activating group) is 1. The van der Waals surface area contributed by atoms with E-state index in [4.69, 9.17) is 5.11 Å². The first-order valence-corrected chi connectivity index (χ1v) is 14.0. The molecular formula is C31H35F2N5O5. The molecule has 1 atom stereocenters. The normalized spacial score (nSPS) is 14.1. The van der Waals surface area contributed by atoms with Gasteiger partial charge >= 0.3 is 0 Å². The van der Waals surface area contributed by atoms with E-state index in [1.165, 1.54) is 24.3 Å². The summed E-state index contributed by atoms with van der Waals surface area (Å²) in [4.78, 5) is 44.1. The number of benzene rings is 2. The predicted octanol–water partition coefficient (Wildman–Crippen LogP) is 2.92. The van der Waals surface area contributed by atoms with Gasteiger partial charge < -0.3 is 36.0 Å². The lowest BCUT2D eigenvalue weighted by Crippen LogP contribution is -2.40. The molecule has 0 aliphatic carbocycles. The molecule has 0 saturated carbocycles. The van der Waals surface area contributed by atoms with E-state index >= 15 is 4.39 Å². The molecule has 10 nitrogen and oxygen atoms in total. The topological polar surface area (TPSA) is 147 Å². The summed E-state index contributed by atoms with van der Waals surface area (Å²) in [5.41, 5.74) is 1.95. The number of aliphatic hydroxyl groups excluding tert-OH is 2. The first kappa shape index (κ1) is 31.5. The molecule has 0 spiro atoms. The quantitative estimate of drug-likeness (QED) is 0.178. The largest absolute Gasteiger partial charge is 0.395 e. The summed E-state index contributed by atoms with van der Waals surface area (Å²) in [5, 5.41) is 27.5. The van der Waals surface area contributed by atoms with Gasteiger partial charge in [-0.3, -0.25) is 14.4 Å². The van der Waals surface area contributed by atoms with Crippen molar-refractivity contribution in [3.63, 3.8) is 0 Å². The number of aromatic amines is 1. The van der Waals surface area contributed by atoms with E-state index in [0.717, 1.165) is 19.2 Å². The van der Waals surface area contributed by atoms with Gasteiger partial charge in [-0.25, -0.2) is 8.78 Å². The lowest BCUT2D eigenvalue weighted by molar-refractivity contribution is -0.110. The number of aromatic nitrogens is 1. The van der Waals surface area contributed by atoms with E-state index in [-0.39, 0.29) is 53.2 Å². The number of anilines is 1. The third kappa shape index (κ3) is 6.99. The van der Waals surface area contributed by atoms with Crippen LogP contribution in [0.15, 0.2) is 36.4 Å². The Labute approximate surface area is 247 Å². The Hall–Kier alpha value is -4.39. The smallest absolute Gasteiger partial charge is 0.256 e. The van der Waals surface area contributed by atoms with Crippen molar-refractivity contribution in [2.24, 2.45) is 0 Å². The number of fused-ring (bicyclic) bond motifs is 1. The molecule has 12 heteroatoms. The van der Waals surface area contributed by atoms with E-state index in [2.05, 4.69) is 20.9 Å². The standard InChI is InChI=1S/C31H35F2N5O5/c1-4-38(5-2)16-20(40)15-35-31(43)27-17(3)36-26(28(27)21-8-7-19(32)13-24(21)33)14-23-22-12-18(29(41)34-10-11-39)6-9-25(22)37-30(23)42/h6-9,12-14,20,36,39-40H,4-5,10-11,15-16H2,1-3H3,(H,34,41)(H,35,43)(H,37,42)/b23-14-. The third-order valence-corrected chi connectivity index (χ3v) is 7.26. The zero-order valence-corrected chi connectivity index (χ0v) is 24.2. The number of carbonyl (C=O) groups excluding carboxylic acids is 3. The van der Waals surface area contributed by atoms with E-state index in [1.54, 1.807) is 13.0 Å². The van der Waals surface area contributed by atoms with Crippen LogP contribution < -0.4 is 16.0 Å². The highest BCUT2D eigenvalue weighted by atomic mass is 19.1. The molecule has 228 valence electrons. The van der Waals surface area contributed by atoms with Crippen LogP contribution in [0.5, 0.6) is 0 Å². The van der Waals surface area contributed by atoms with Crippen molar-refractivity contribution in [3.8, 4) is 11.1 Å². The number of hydrogen-bond donors (Lipinski definition) is 6. The number of nitrogens with one attached hydrogen (secondary N) is 4. The first-order valence-electron chi connectivity index (χ1n) is 14.0. The molecule has 2 aromatic carbocycles. The van der Waals surface area contributed by atoms with Crippen molar-refractivity contribution in [2.75, 3.05) is 44.6 Å². The lowest BCUT2D eigenvalue weighted by Gasteiger charge is -2.22. The summed E-state index contributed by atoms with van der Waals surface area (Å²) in [7, 11) is 0. The summed E-state index contributed by atoms with van der Waals surface area (Å²) in [6.07, 6.45) is 0.603. The van der Waals surface area contributed by atoms with Gasteiger partial charge in [0.05, 0.1) is 23.8 Å². The molecule has 1 aromatic heterocycles. The van der Waals surface area contributed by atoms with Crippen LogP contribution in [0.3, 0.4) is 0 Å². The van der Waals surface area contributed by atoms with Crippen LogP contribution in [0.1, 0.15) is 51.5 Å². The third-order valence-electron chi connectivity index (χ3n) is 7.26. The Morgan fingerprint density at radius 2 is 1.79 bits per heavy atom. The Balaban J connectivity index is 1.77. The van der Waals surface area contributed by atoms with Crippen molar-refractivity contribution < 1.29 is 33.4 Å². The lowest BCUT2D eigenvalue weighted by atomic mass is 9.96. The van der Waals surface area contributed by atoms with Gasteiger partial charge in [-0.05, 0) is 56.4 Å². The van der Waals surface area contributed by atoms with Crippen LogP contribution in [-0.4, -0.2) is 83.3 Å². The van der Waals surface area contributed by atoms with E-state index in [1.807, 2.05) is 18.7 Å². The fourth-order valence-electron chi connectivity index (χ4n) is 5.04. The molecule has 0 radical (unpaired) electrons. The number of halogens is 2. The highest BCUT2D eigenvalue weighted by Gasteiger charge is 2.29. The zero-order valence-electron chi connectivity index (χ0n) is 24.2. The highest BCUT2D eigenvalue weighted by molar-refractivity contribution is 6.35. The van der Waals surface area contributed by atoms with Gasteiger partial charge in [-0.2, -0.15) is 0 Å². The summed E-state index contributed by atoms with van der Waals surface area (Å²) in [5.74, 6) is -3.22. The van der Waals surface area contributed by atoms with Crippen molar-refractivity contribution in [2.45, 2.75) is 26.9 Å². The second-order valence-corrected chi connectivity index (χ2v) is 10.1. The molecule has 43 heavy (non-hydrogen) atoms. The summed E-state index contributed by atoms with van der Waals surface area (Å²) in [6.45, 7) is 7.12. The van der Waals surface area contributed by atoms with Crippen molar-refractivity contribution in [1.82, 2.24) is 20.5 Å². The Bertz CT molecular complexity index is 1560. The zero-order chi connectivity index (χ0) is 31.3. The van der Waals surface area contributed by atoms with Gasteiger partial charge in [0.1, 0.15) is 11.6 Å². The molecule has 0 fully saturated rings. The number of aryl methyl sites for hydroxylation is 1. The number of nitrogens with zero attached hydrogens (tertiary/aromatic N) is 1. The number of carbonyl (C=O) groups is 3. The Morgan fingerprint density at radius 1 is 1.05 bits per heavy atom.